The number of rotatable bonds is 7. The number of carbonyl (C=O) groups is 2. The number of nitro benzene ring substituents is 1. The number of hydrogen-bond donors (Lipinski definition) is 2. The predicted molar refractivity (Wildman–Crippen MR) is 104 cm³/mol. The minimum absolute atomic E-state index is 0.0639. The van der Waals surface area contributed by atoms with Gasteiger partial charge in [-0.2, -0.15) is 0 Å². The fourth-order valence-corrected chi connectivity index (χ4v) is 3.33. The van der Waals surface area contributed by atoms with Gasteiger partial charge in [-0.15, -0.1) is 0 Å². The van der Waals surface area contributed by atoms with Crippen LogP contribution in [0.25, 0.3) is 0 Å². The first kappa shape index (κ1) is 19.3. The van der Waals surface area contributed by atoms with Crippen LogP contribution in [0.4, 0.5) is 11.4 Å². The van der Waals surface area contributed by atoms with E-state index in [1.54, 1.807) is 30.3 Å². The molecule has 0 aliphatic carbocycles. The number of nitrogens with one attached hydrogen (secondary N) is 1. The van der Waals surface area contributed by atoms with Gasteiger partial charge in [-0.1, -0.05) is 30.3 Å². The number of nitro groups is 1. The number of nitrogens with zero attached hydrogens (tertiary/aromatic N) is 2. The number of anilines is 1. The van der Waals surface area contributed by atoms with E-state index in [4.69, 9.17) is 0 Å². The molecule has 0 aromatic heterocycles. The molecule has 1 atom stereocenters. The molecule has 0 saturated carbocycles. The smallest absolute Gasteiger partial charge is 0.326 e. The van der Waals surface area contributed by atoms with Gasteiger partial charge in [0, 0.05) is 31.1 Å². The second-order valence-corrected chi connectivity index (χ2v) is 6.71. The number of carboxylic acids is 1. The first-order valence-corrected chi connectivity index (χ1v) is 9.06. The molecule has 3 rings (SSSR count). The maximum Gasteiger partial charge on any atom is 0.326 e. The van der Waals surface area contributed by atoms with Crippen LogP contribution in [0.2, 0.25) is 0 Å². The van der Waals surface area contributed by atoms with E-state index >= 15 is 0 Å². The Morgan fingerprint density at radius 1 is 1.14 bits per heavy atom. The molecule has 2 N–H and O–H groups in total. The highest BCUT2D eigenvalue weighted by molar-refractivity contribution is 5.98. The van der Waals surface area contributed by atoms with Crippen LogP contribution in [0.15, 0.2) is 48.5 Å². The fourth-order valence-electron chi connectivity index (χ4n) is 3.33. The first-order chi connectivity index (χ1) is 13.5. The van der Waals surface area contributed by atoms with Crippen LogP contribution in [0.1, 0.15) is 28.8 Å². The number of carbonyl (C=O) groups excluding carboxylic acids is 1. The molecule has 1 fully saturated rings. The summed E-state index contributed by atoms with van der Waals surface area (Å²) in [6.07, 6.45) is 2.06. The van der Waals surface area contributed by atoms with Gasteiger partial charge in [0.2, 0.25) is 0 Å². The standard InChI is InChI=1S/C20H21N3O5/c24-19(21-16(20(25)26)12-14-6-2-1-3-7-14)15-8-9-17(18(13-15)23(27)28)22-10-4-5-11-22/h1-3,6-9,13,16H,4-5,10-12H2,(H,21,24)(H,25,26)/t16-/m1/s1. The van der Waals surface area contributed by atoms with Crippen molar-refractivity contribution in [1.29, 1.82) is 0 Å². The first-order valence-electron chi connectivity index (χ1n) is 9.06. The minimum atomic E-state index is -1.17. The second kappa shape index (κ2) is 8.51. The molecule has 2 aromatic rings. The van der Waals surface area contributed by atoms with Gasteiger partial charge >= 0.3 is 5.97 Å². The van der Waals surface area contributed by atoms with Gasteiger partial charge in [0.1, 0.15) is 11.7 Å². The zero-order chi connectivity index (χ0) is 20.1. The minimum Gasteiger partial charge on any atom is -0.480 e. The predicted octanol–water partition coefficient (Wildman–Crippen LogP) is 2.62. The van der Waals surface area contributed by atoms with Crippen molar-refractivity contribution in [3.05, 3.63) is 69.8 Å². The van der Waals surface area contributed by atoms with Crippen molar-refractivity contribution in [2.75, 3.05) is 18.0 Å². The summed E-state index contributed by atoms with van der Waals surface area (Å²) < 4.78 is 0. The fraction of sp³-hybridized carbons (Fsp3) is 0.300. The highest BCUT2D eigenvalue weighted by Gasteiger charge is 2.26. The van der Waals surface area contributed by atoms with Gasteiger partial charge in [-0.3, -0.25) is 14.9 Å². The molecule has 1 aliphatic rings. The lowest BCUT2D eigenvalue weighted by Crippen LogP contribution is -2.42. The van der Waals surface area contributed by atoms with E-state index in [0.717, 1.165) is 31.5 Å². The Balaban J connectivity index is 1.79. The summed E-state index contributed by atoms with van der Waals surface area (Å²) in [6, 6.07) is 12.1. The Labute approximate surface area is 161 Å². The SMILES string of the molecule is O=C(N[C@H](Cc1ccccc1)C(=O)O)c1ccc(N2CCCC2)c([N+](=O)[O-])c1. The molecule has 2 aromatic carbocycles. The number of benzene rings is 2. The Hall–Kier alpha value is -3.42. The lowest BCUT2D eigenvalue weighted by molar-refractivity contribution is -0.384. The van der Waals surface area contributed by atoms with Crippen LogP contribution in [0.5, 0.6) is 0 Å². The molecule has 1 amide bonds. The number of hydrogen-bond acceptors (Lipinski definition) is 5. The third-order valence-electron chi connectivity index (χ3n) is 4.77. The normalized spacial score (nSPS) is 14.5. The van der Waals surface area contributed by atoms with Gasteiger partial charge in [-0.25, -0.2) is 4.79 Å². The van der Waals surface area contributed by atoms with Crippen molar-refractivity contribution in [2.24, 2.45) is 0 Å². The van der Waals surface area contributed by atoms with Gasteiger partial charge < -0.3 is 15.3 Å². The number of aliphatic carboxylic acids is 1. The molecule has 1 heterocycles. The Bertz CT molecular complexity index is 879. The summed E-state index contributed by atoms with van der Waals surface area (Å²) >= 11 is 0. The molecule has 146 valence electrons. The lowest BCUT2D eigenvalue weighted by atomic mass is 10.1. The van der Waals surface area contributed by atoms with Crippen LogP contribution in [-0.2, 0) is 11.2 Å². The third-order valence-corrected chi connectivity index (χ3v) is 4.77. The van der Waals surface area contributed by atoms with Crippen molar-refractivity contribution < 1.29 is 19.6 Å². The zero-order valence-electron chi connectivity index (χ0n) is 15.2. The summed E-state index contributed by atoms with van der Waals surface area (Å²) in [5.74, 6) is -1.82. The largest absolute Gasteiger partial charge is 0.480 e. The molecule has 8 heteroatoms. The molecular weight excluding hydrogens is 362 g/mol. The Kier molecular flexibility index (Phi) is 5.88. The van der Waals surface area contributed by atoms with E-state index in [1.165, 1.54) is 12.1 Å². The van der Waals surface area contributed by atoms with Gasteiger partial charge in [-0.05, 0) is 30.5 Å². The summed E-state index contributed by atoms with van der Waals surface area (Å²) in [5, 5.41) is 23.4. The Morgan fingerprint density at radius 3 is 2.43 bits per heavy atom. The van der Waals surface area contributed by atoms with Crippen molar-refractivity contribution in [3.63, 3.8) is 0 Å². The quantitative estimate of drug-likeness (QED) is 0.561. The molecule has 28 heavy (non-hydrogen) atoms. The van der Waals surface area contributed by atoms with Crippen molar-refractivity contribution in [1.82, 2.24) is 5.32 Å². The van der Waals surface area contributed by atoms with E-state index in [0.29, 0.717) is 5.69 Å². The molecule has 1 aliphatic heterocycles. The Morgan fingerprint density at radius 2 is 1.82 bits per heavy atom. The van der Waals surface area contributed by atoms with E-state index in [1.807, 2.05) is 11.0 Å². The average molecular weight is 383 g/mol. The van der Waals surface area contributed by atoms with Crippen LogP contribution in [0.3, 0.4) is 0 Å². The van der Waals surface area contributed by atoms with Crippen LogP contribution >= 0.6 is 0 Å². The van der Waals surface area contributed by atoms with Crippen LogP contribution in [0, 0.1) is 10.1 Å². The maximum atomic E-state index is 12.5. The van der Waals surface area contributed by atoms with Crippen LogP contribution < -0.4 is 10.2 Å². The average Bonchev–Trinajstić information content (AvgIpc) is 3.22. The summed E-state index contributed by atoms with van der Waals surface area (Å²) in [6.45, 7) is 1.48. The molecule has 8 nitrogen and oxygen atoms in total. The summed E-state index contributed by atoms with van der Waals surface area (Å²) in [5.41, 5.74) is 1.17. The van der Waals surface area contributed by atoms with Gasteiger partial charge in [0.15, 0.2) is 0 Å². The van der Waals surface area contributed by atoms with Crippen molar-refractivity contribution in [2.45, 2.75) is 25.3 Å². The van der Waals surface area contributed by atoms with Crippen LogP contribution in [-0.4, -0.2) is 41.0 Å². The summed E-state index contributed by atoms with van der Waals surface area (Å²) in [7, 11) is 0. The highest BCUT2D eigenvalue weighted by atomic mass is 16.6. The monoisotopic (exact) mass is 383 g/mol. The lowest BCUT2D eigenvalue weighted by Gasteiger charge is -2.18. The summed E-state index contributed by atoms with van der Waals surface area (Å²) in [4.78, 5) is 37.0. The molecule has 0 spiro atoms. The molecular formula is C20H21N3O5. The third kappa shape index (κ3) is 4.46. The zero-order valence-corrected chi connectivity index (χ0v) is 15.2. The van der Waals surface area contributed by atoms with Gasteiger partial charge in [0.05, 0.1) is 4.92 Å². The molecule has 0 unspecified atom stereocenters. The van der Waals surface area contributed by atoms with E-state index in [9.17, 15) is 24.8 Å². The highest BCUT2D eigenvalue weighted by Crippen LogP contribution is 2.31. The van der Waals surface area contributed by atoms with E-state index in [2.05, 4.69) is 5.32 Å². The second-order valence-electron chi connectivity index (χ2n) is 6.71. The van der Waals surface area contributed by atoms with Gasteiger partial charge in [0.25, 0.3) is 11.6 Å². The molecule has 0 radical (unpaired) electrons. The molecule has 0 bridgehead atoms. The number of carboxylic acid groups (broad SMARTS) is 1. The molecule has 1 saturated heterocycles. The topological polar surface area (TPSA) is 113 Å². The van der Waals surface area contributed by atoms with Crippen molar-refractivity contribution >= 4 is 23.3 Å². The van der Waals surface area contributed by atoms with E-state index in [-0.39, 0.29) is 17.7 Å². The number of amides is 1. The van der Waals surface area contributed by atoms with Crippen molar-refractivity contribution in [3.8, 4) is 0 Å². The van der Waals surface area contributed by atoms with E-state index < -0.39 is 22.8 Å². The maximum absolute atomic E-state index is 12.5.